The summed E-state index contributed by atoms with van der Waals surface area (Å²) in [4.78, 5) is 11.6. The molecule has 1 saturated heterocycles. The number of aliphatic hydroxyl groups is 1. The lowest BCUT2D eigenvalue weighted by Gasteiger charge is -2.28. The van der Waals surface area contributed by atoms with Gasteiger partial charge in [0.25, 0.3) is 0 Å². The number of benzene rings is 2. The molecule has 6 heteroatoms. The van der Waals surface area contributed by atoms with Crippen molar-refractivity contribution >= 4 is 29.2 Å². The molecule has 1 aliphatic carbocycles. The summed E-state index contributed by atoms with van der Waals surface area (Å²) in [6.07, 6.45) is -0.324. The molecule has 0 radical (unpaired) electrons. The fourth-order valence-electron chi connectivity index (χ4n) is 3.90. The Morgan fingerprint density at radius 2 is 2.00 bits per heavy atom. The van der Waals surface area contributed by atoms with E-state index in [9.17, 15) is 14.3 Å². The molecule has 130 valence electrons. The number of carbonyl (C=O) groups is 1. The van der Waals surface area contributed by atoms with Gasteiger partial charge in [0.15, 0.2) is 0 Å². The average Bonchev–Trinajstić information content (AvgIpc) is 2.80. The summed E-state index contributed by atoms with van der Waals surface area (Å²) in [7, 11) is 0. The van der Waals surface area contributed by atoms with Crippen molar-refractivity contribution in [3.63, 3.8) is 0 Å². The van der Waals surface area contributed by atoms with Crippen LogP contribution in [0.25, 0.3) is 11.1 Å². The Hall–Kier alpha value is -1.62. The molecule has 2 aliphatic rings. The number of hydrogen-bond donors (Lipinski definition) is 1. The van der Waals surface area contributed by atoms with Gasteiger partial charge in [0, 0.05) is 22.4 Å². The zero-order chi connectivity index (χ0) is 17.7. The summed E-state index contributed by atoms with van der Waals surface area (Å²) < 4.78 is 19.2. The number of cyclic esters (lactones) is 1. The standard InChI is InChI=1S/C19H15Cl2FO3/c20-9-3-15-13-2-1-10(22)5-14(13)16(19(15)17(21)4-9)8-12-6-11(23)7-18(24)25-12/h1-5,11-12,16,23H,6-8H2. The molecule has 0 spiro atoms. The molecule has 1 aliphatic heterocycles. The van der Waals surface area contributed by atoms with Crippen LogP contribution in [-0.2, 0) is 9.53 Å². The van der Waals surface area contributed by atoms with Crippen molar-refractivity contribution < 1.29 is 19.0 Å². The summed E-state index contributed by atoms with van der Waals surface area (Å²) in [6, 6.07) is 8.10. The van der Waals surface area contributed by atoms with Crippen molar-refractivity contribution in [3.8, 4) is 11.1 Å². The van der Waals surface area contributed by atoms with Crippen LogP contribution in [0.3, 0.4) is 0 Å². The van der Waals surface area contributed by atoms with Crippen LogP contribution in [0.15, 0.2) is 30.3 Å². The van der Waals surface area contributed by atoms with Gasteiger partial charge in [-0.2, -0.15) is 0 Å². The number of esters is 1. The number of fused-ring (bicyclic) bond motifs is 3. The van der Waals surface area contributed by atoms with Crippen LogP contribution >= 0.6 is 23.2 Å². The van der Waals surface area contributed by atoms with Crippen LogP contribution < -0.4 is 0 Å². The third kappa shape index (κ3) is 3.03. The Balaban J connectivity index is 1.77. The first-order valence-electron chi connectivity index (χ1n) is 8.08. The fraction of sp³-hybridized carbons (Fsp3) is 0.316. The molecule has 3 unspecified atom stereocenters. The van der Waals surface area contributed by atoms with E-state index in [0.717, 1.165) is 22.3 Å². The van der Waals surface area contributed by atoms with E-state index < -0.39 is 18.2 Å². The molecule has 0 aromatic heterocycles. The van der Waals surface area contributed by atoms with Gasteiger partial charge >= 0.3 is 5.97 Å². The molecule has 0 saturated carbocycles. The maximum Gasteiger partial charge on any atom is 0.308 e. The highest BCUT2D eigenvalue weighted by atomic mass is 35.5. The summed E-state index contributed by atoms with van der Waals surface area (Å²) >= 11 is 12.6. The largest absolute Gasteiger partial charge is 0.462 e. The van der Waals surface area contributed by atoms with Gasteiger partial charge in [-0.1, -0.05) is 29.3 Å². The maximum absolute atomic E-state index is 13.9. The Labute approximate surface area is 154 Å². The predicted octanol–water partition coefficient (Wildman–Crippen LogP) is 4.70. The maximum atomic E-state index is 13.9. The topological polar surface area (TPSA) is 46.5 Å². The molecule has 1 fully saturated rings. The molecular formula is C19H15Cl2FO3. The van der Waals surface area contributed by atoms with Gasteiger partial charge in [-0.25, -0.2) is 4.39 Å². The average molecular weight is 381 g/mol. The summed E-state index contributed by atoms with van der Waals surface area (Å²) in [5.41, 5.74) is 3.42. The minimum Gasteiger partial charge on any atom is -0.462 e. The summed E-state index contributed by atoms with van der Waals surface area (Å²) in [6.45, 7) is 0. The third-order valence-electron chi connectivity index (χ3n) is 4.86. The molecule has 0 amide bonds. The number of aliphatic hydroxyl groups excluding tert-OH is 1. The number of hydrogen-bond acceptors (Lipinski definition) is 3. The second-order valence-corrected chi connectivity index (χ2v) is 7.42. The SMILES string of the molecule is O=C1CC(O)CC(CC2c3cc(F)ccc3-c3cc(Cl)cc(Cl)c32)O1. The minimum absolute atomic E-state index is 0.0132. The van der Waals surface area contributed by atoms with Crippen LogP contribution in [0.1, 0.15) is 36.3 Å². The second-order valence-electron chi connectivity index (χ2n) is 6.57. The lowest BCUT2D eigenvalue weighted by atomic mass is 9.88. The number of rotatable bonds is 2. The lowest BCUT2D eigenvalue weighted by molar-refractivity contribution is -0.160. The van der Waals surface area contributed by atoms with Gasteiger partial charge in [0.2, 0.25) is 0 Å². The van der Waals surface area contributed by atoms with Crippen LogP contribution in [0, 0.1) is 5.82 Å². The van der Waals surface area contributed by atoms with E-state index in [1.54, 1.807) is 12.1 Å². The Bertz CT molecular complexity index is 868. The Morgan fingerprint density at radius 3 is 2.76 bits per heavy atom. The fourth-order valence-corrected chi connectivity index (χ4v) is 4.52. The zero-order valence-corrected chi connectivity index (χ0v) is 14.6. The number of ether oxygens (including phenoxy) is 1. The van der Waals surface area contributed by atoms with Gasteiger partial charge in [-0.15, -0.1) is 0 Å². The van der Waals surface area contributed by atoms with Crippen molar-refractivity contribution in [1.29, 1.82) is 0 Å². The van der Waals surface area contributed by atoms with Crippen molar-refractivity contribution in [3.05, 3.63) is 57.3 Å². The van der Waals surface area contributed by atoms with Crippen LogP contribution in [0.2, 0.25) is 10.0 Å². The van der Waals surface area contributed by atoms with Gasteiger partial charge in [0.05, 0.1) is 12.5 Å². The van der Waals surface area contributed by atoms with E-state index in [1.807, 2.05) is 6.07 Å². The first-order valence-corrected chi connectivity index (χ1v) is 8.84. The summed E-state index contributed by atoms with van der Waals surface area (Å²) in [5, 5.41) is 10.9. The van der Waals surface area contributed by atoms with Gasteiger partial charge in [0.1, 0.15) is 11.9 Å². The monoisotopic (exact) mass is 380 g/mol. The smallest absolute Gasteiger partial charge is 0.308 e. The quantitative estimate of drug-likeness (QED) is 0.767. The van der Waals surface area contributed by atoms with E-state index in [2.05, 4.69) is 0 Å². The highest BCUT2D eigenvalue weighted by Crippen LogP contribution is 2.51. The van der Waals surface area contributed by atoms with E-state index in [-0.39, 0.29) is 18.2 Å². The number of halogens is 3. The predicted molar refractivity (Wildman–Crippen MR) is 93.4 cm³/mol. The molecule has 3 nitrogen and oxygen atoms in total. The number of carbonyl (C=O) groups excluding carboxylic acids is 1. The lowest BCUT2D eigenvalue weighted by Crippen LogP contribution is -2.33. The third-order valence-corrected chi connectivity index (χ3v) is 5.39. The summed E-state index contributed by atoms with van der Waals surface area (Å²) in [5.74, 6) is -0.961. The Kier molecular flexibility index (Phi) is 4.22. The van der Waals surface area contributed by atoms with Crippen molar-refractivity contribution in [2.75, 3.05) is 0 Å². The van der Waals surface area contributed by atoms with Crippen LogP contribution in [0.4, 0.5) is 4.39 Å². The van der Waals surface area contributed by atoms with Gasteiger partial charge in [-0.3, -0.25) is 4.79 Å². The molecule has 25 heavy (non-hydrogen) atoms. The van der Waals surface area contributed by atoms with Crippen LogP contribution in [0.5, 0.6) is 0 Å². The van der Waals surface area contributed by atoms with Crippen molar-refractivity contribution in [2.24, 2.45) is 0 Å². The normalized spacial score (nSPS) is 24.6. The van der Waals surface area contributed by atoms with Crippen molar-refractivity contribution in [1.82, 2.24) is 0 Å². The first-order chi connectivity index (χ1) is 11.9. The van der Waals surface area contributed by atoms with E-state index >= 15 is 0 Å². The zero-order valence-electron chi connectivity index (χ0n) is 13.1. The van der Waals surface area contributed by atoms with E-state index in [4.69, 9.17) is 27.9 Å². The molecule has 4 rings (SSSR count). The molecule has 0 bridgehead atoms. The van der Waals surface area contributed by atoms with Crippen molar-refractivity contribution in [2.45, 2.75) is 37.4 Å². The first kappa shape index (κ1) is 16.8. The molecule has 2 aromatic carbocycles. The van der Waals surface area contributed by atoms with E-state index in [0.29, 0.717) is 22.9 Å². The molecular weight excluding hydrogens is 366 g/mol. The van der Waals surface area contributed by atoms with Crippen LogP contribution in [-0.4, -0.2) is 23.3 Å². The highest BCUT2D eigenvalue weighted by molar-refractivity contribution is 6.36. The minimum atomic E-state index is -0.709. The Morgan fingerprint density at radius 1 is 1.20 bits per heavy atom. The highest BCUT2D eigenvalue weighted by Gasteiger charge is 2.36. The molecule has 1 heterocycles. The molecule has 2 aromatic rings. The van der Waals surface area contributed by atoms with Gasteiger partial charge < -0.3 is 9.84 Å². The molecule has 1 N–H and O–H groups in total. The molecule has 3 atom stereocenters. The van der Waals surface area contributed by atoms with E-state index in [1.165, 1.54) is 12.1 Å². The second kappa shape index (κ2) is 6.27. The van der Waals surface area contributed by atoms with Gasteiger partial charge in [-0.05, 0) is 52.9 Å².